The molecule has 88 valence electrons. The van der Waals surface area contributed by atoms with Gasteiger partial charge >= 0.3 is 0 Å². The van der Waals surface area contributed by atoms with Crippen molar-refractivity contribution in [3.05, 3.63) is 34.9 Å². The van der Waals surface area contributed by atoms with Crippen LogP contribution < -0.4 is 11.5 Å². The number of anilines is 2. The van der Waals surface area contributed by atoms with Crippen molar-refractivity contribution in [3.8, 4) is 5.69 Å². The molecule has 0 aliphatic heterocycles. The normalized spacial score (nSPS) is 10.5. The van der Waals surface area contributed by atoms with Crippen molar-refractivity contribution < 1.29 is 4.79 Å². The third kappa shape index (κ3) is 1.97. The second-order valence-electron chi connectivity index (χ2n) is 3.59. The zero-order chi connectivity index (χ0) is 12.6. The molecule has 0 saturated heterocycles. The Hall–Kier alpha value is -2.01. The number of nitrogens with zero attached hydrogens (tertiary/aromatic N) is 2. The Morgan fingerprint density at radius 2 is 1.88 bits per heavy atom. The highest BCUT2D eigenvalue weighted by atomic mass is 35.5. The lowest BCUT2D eigenvalue weighted by Gasteiger charge is -2.03. The maximum atomic E-state index is 11.4. The first-order valence-electron chi connectivity index (χ1n) is 4.91. The van der Waals surface area contributed by atoms with E-state index in [9.17, 15) is 4.79 Å². The Balaban J connectivity index is 2.57. The maximum absolute atomic E-state index is 11.4. The highest BCUT2D eigenvalue weighted by Gasteiger charge is 2.17. The molecule has 17 heavy (non-hydrogen) atoms. The molecule has 0 bridgehead atoms. The smallest absolute Gasteiger partial charge is 0.167 e. The molecule has 0 saturated carbocycles. The summed E-state index contributed by atoms with van der Waals surface area (Å²) in [6, 6.07) is 6.91. The summed E-state index contributed by atoms with van der Waals surface area (Å²) in [5.74, 6) is 0.155. The molecule has 2 rings (SSSR count). The standard InChI is InChI=1S/C11H11ClN4O/c1-6(17)9-10(13)15-16(11(9)14)8-4-2-7(12)3-5-8/h2-5H,14H2,1H3,(H2,13,15). The summed E-state index contributed by atoms with van der Waals surface area (Å²) in [5, 5.41) is 4.65. The number of carbonyl (C=O) groups is 1. The fraction of sp³-hybridized carbons (Fsp3) is 0.0909. The van der Waals surface area contributed by atoms with Crippen LogP contribution in [0.2, 0.25) is 5.02 Å². The van der Waals surface area contributed by atoms with Crippen molar-refractivity contribution in [2.75, 3.05) is 11.5 Å². The van der Waals surface area contributed by atoms with Crippen LogP contribution in [0.25, 0.3) is 5.69 Å². The maximum Gasteiger partial charge on any atom is 0.167 e. The van der Waals surface area contributed by atoms with E-state index in [1.54, 1.807) is 24.3 Å². The molecule has 2 aromatic rings. The van der Waals surface area contributed by atoms with Crippen LogP contribution in [0.1, 0.15) is 17.3 Å². The lowest BCUT2D eigenvalue weighted by Crippen LogP contribution is -2.04. The number of nitrogens with two attached hydrogens (primary N) is 2. The van der Waals surface area contributed by atoms with Crippen LogP contribution in [0.15, 0.2) is 24.3 Å². The van der Waals surface area contributed by atoms with Crippen molar-refractivity contribution >= 4 is 29.0 Å². The number of ketones is 1. The van der Waals surface area contributed by atoms with E-state index in [0.717, 1.165) is 0 Å². The van der Waals surface area contributed by atoms with Crippen LogP contribution in [-0.2, 0) is 0 Å². The molecule has 0 spiro atoms. The van der Waals surface area contributed by atoms with Crippen molar-refractivity contribution in [1.29, 1.82) is 0 Å². The molecule has 0 fully saturated rings. The largest absolute Gasteiger partial charge is 0.383 e. The van der Waals surface area contributed by atoms with E-state index in [1.807, 2.05) is 0 Å². The highest BCUT2D eigenvalue weighted by molar-refractivity contribution is 6.30. The number of hydrogen-bond acceptors (Lipinski definition) is 4. The summed E-state index contributed by atoms with van der Waals surface area (Å²) in [7, 11) is 0. The van der Waals surface area contributed by atoms with Crippen LogP contribution in [-0.4, -0.2) is 15.6 Å². The summed E-state index contributed by atoms with van der Waals surface area (Å²) in [4.78, 5) is 11.4. The first kappa shape index (κ1) is 11.5. The van der Waals surface area contributed by atoms with Crippen molar-refractivity contribution in [2.24, 2.45) is 0 Å². The average molecular weight is 251 g/mol. The van der Waals surface area contributed by atoms with E-state index in [2.05, 4.69) is 5.10 Å². The number of benzene rings is 1. The molecule has 0 radical (unpaired) electrons. The highest BCUT2D eigenvalue weighted by Crippen LogP contribution is 2.23. The quantitative estimate of drug-likeness (QED) is 0.797. The zero-order valence-electron chi connectivity index (χ0n) is 9.14. The summed E-state index contributed by atoms with van der Waals surface area (Å²) in [6.07, 6.45) is 0. The predicted octanol–water partition coefficient (Wildman–Crippen LogP) is 1.89. The second-order valence-corrected chi connectivity index (χ2v) is 4.03. The number of Topliss-reactive ketones (excluding diaryl/α,β-unsaturated/α-hetero) is 1. The minimum atomic E-state index is -0.208. The van der Waals surface area contributed by atoms with Gasteiger partial charge in [0.05, 0.1) is 5.69 Å². The van der Waals surface area contributed by atoms with E-state index >= 15 is 0 Å². The topological polar surface area (TPSA) is 86.9 Å². The summed E-state index contributed by atoms with van der Waals surface area (Å²) >= 11 is 5.79. The predicted molar refractivity (Wildman–Crippen MR) is 67.4 cm³/mol. The van der Waals surface area contributed by atoms with Crippen LogP contribution in [0.3, 0.4) is 0 Å². The van der Waals surface area contributed by atoms with E-state index in [4.69, 9.17) is 23.1 Å². The van der Waals surface area contributed by atoms with Gasteiger partial charge in [-0.25, -0.2) is 4.68 Å². The van der Waals surface area contributed by atoms with Crippen LogP contribution in [0.4, 0.5) is 11.6 Å². The molecule has 1 aromatic carbocycles. The lowest BCUT2D eigenvalue weighted by atomic mass is 10.2. The third-order valence-corrected chi connectivity index (χ3v) is 2.62. The van der Waals surface area contributed by atoms with Crippen molar-refractivity contribution in [2.45, 2.75) is 6.92 Å². The van der Waals surface area contributed by atoms with E-state index in [0.29, 0.717) is 10.7 Å². The van der Waals surface area contributed by atoms with Crippen molar-refractivity contribution in [1.82, 2.24) is 9.78 Å². The molecule has 1 heterocycles. The average Bonchev–Trinajstić information content (AvgIpc) is 2.55. The number of rotatable bonds is 2. The molecule has 1 aromatic heterocycles. The summed E-state index contributed by atoms with van der Waals surface area (Å²) in [5.41, 5.74) is 12.4. The molecular weight excluding hydrogens is 240 g/mol. The molecule has 0 amide bonds. The van der Waals surface area contributed by atoms with Crippen LogP contribution >= 0.6 is 11.6 Å². The number of nitrogen functional groups attached to an aromatic ring is 2. The molecule has 0 aliphatic rings. The van der Waals surface area contributed by atoms with Gasteiger partial charge in [-0.2, -0.15) is 0 Å². The Kier molecular flexibility index (Phi) is 2.77. The lowest BCUT2D eigenvalue weighted by molar-refractivity contribution is 0.101. The Bertz CT molecular complexity index is 574. The number of hydrogen-bond donors (Lipinski definition) is 2. The van der Waals surface area contributed by atoms with Gasteiger partial charge in [0.15, 0.2) is 11.6 Å². The second kappa shape index (κ2) is 4.10. The van der Waals surface area contributed by atoms with Gasteiger partial charge in [-0.05, 0) is 31.2 Å². The molecule has 0 atom stereocenters. The molecular formula is C11H11ClN4O. The molecule has 6 heteroatoms. The Labute approximate surface area is 103 Å². The van der Waals surface area contributed by atoms with Crippen LogP contribution in [0.5, 0.6) is 0 Å². The zero-order valence-corrected chi connectivity index (χ0v) is 9.90. The molecule has 0 aliphatic carbocycles. The van der Waals surface area contributed by atoms with Gasteiger partial charge in [-0.15, -0.1) is 5.10 Å². The summed E-state index contributed by atoms with van der Waals surface area (Å²) < 4.78 is 1.42. The Morgan fingerprint density at radius 1 is 1.29 bits per heavy atom. The number of aromatic nitrogens is 2. The number of halogens is 1. The minimum absolute atomic E-state index is 0.130. The van der Waals surface area contributed by atoms with Gasteiger partial charge < -0.3 is 11.5 Å². The van der Waals surface area contributed by atoms with Gasteiger partial charge in [0, 0.05) is 5.02 Å². The summed E-state index contributed by atoms with van der Waals surface area (Å²) in [6.45, 7) is 1.40. The third-order valence-electron chi connectivity index (χ3n) is 2.37. The monoisotopic (exact) mass is 250 g/mol. The van der Waals surface area contributed by atoms with Gasteiger partial charge in [0.25, 0.3) is 0 Å². The molecule has 4 N–H and O–H groups in total. The molecule has 0 unspecified atom stereocenters. The van der Waals surface area contributed by atoms with Gasteiger partial charge in [0.1, 0.15) is 11.4 Å². The van der Waals surface area contributed by atoms with Gasteiger partial charge in [0.2, 0.25) is 0 Å². The first-order valence-corrected chi connectivity index (χ1v) is 5.29. The molecule has 5 nitrogen and oxygen atoms in total. The van der Waals surface area contributed by atoms with Gasteiger partial charge in [-0.1, -0.05) is 11.6 Å². The fourth-order valence-electron chi connectivity index (χ4n) is 1.59. The fourth-order valence-corrected chi connectivity index (χ4v) is 1.71. The Morgan fingerprint density at radius 3 is 2.35 bits per heavy atom. The van der Waals surface area contributed by atoms with Crippen LogP contribution in [0, 0.1) is 0 Å². The van der Waals surface area contributed by atoms with E-state index in [-0.39, 0.29) is 23.0 Å². The van der Waals surface area contributed by atoms with Crippen molar-refractivity contribution in [3.63, 3.8) is 0 Å². The van der Waals surface area contributed by atoms with E-state index in [1.165, 1.54) is 11.6 Å². The van der Waals surface area contributed by atoms with E-state index < -0.39 is 0 Å². The number of carbonyl (C=O) groups excluding carboxylic acids is 1. The van der Waals surface area contributed by atoms with Gasteiger partial charge in [-0.3, -0.25) is 4.79 Å². The first-order chi connectivity index (χ1) is 8.00. The minimum Gasteiger partial charge on any atom is -0.383 e. The SMILES string of the molecule is CC(=O)c1c(N)nn(-c2ccc(Cl)cc2)c1N.